The first-order chi connectivity index (χ1) is 17.4. The fourth-order valence-corrected chi connectivity index (χ4v) is 4.82. The van der Waals surface area contributed by atoms with Crippen molar-refractivity contribution >= 4 is 22.9 Å². The third kappa shape index (κ3) is 4.31. The summed E-state index contributed by atoms with van der Waals surface area (Å²) in [7, 11) is 1.52. The van der Waals surface area contributed by atoms with E-state index >= 15 is 0 Å². The smallest absolute Gasteiger partial charge is 0.333 e. The molecule has 1 aliphatic heterocycles. The monoisotopic (exact) mass is 490 g/mol. The molecule has 0 bridgehead atoms. The molecular formula is C26H30N6O4. The number of nitrogens with two attached hydrogens (primary N) is 1. The van der Waals surface area contributed by atoms with Gasteiger partial charge in [-0.05, 0) is 44.7 Å². The molecule has 1 saturated carbocycles. The molecule has 0 amide bonds. The topological polar surface area (TPSA) is 117 Å². The van der Waals surface area contributed by atoms with Crippen molar-refractivity contribution in [2.24, 2.45) is 5.73 Å². The van der Waals surface area contributed by atoms with Crippen molar-refractivity contribution in [1.82, 2.24) is 18.7 Å². The molecule has 2 aromatic heterocycles. The van der Waals surface area contributed by atoms with Crippen LogP contribution in [0.3, 0.4) is 0 Å². The molecule has 2 aliphatic rings. The Labute approximate surface area is 208 Å². The number of benzene rings is 1. The van der Waals surface area contributed by atoms with Gasteiger partial charge in [0.2, 0.25) is 5.95 Å². The summed E-state index contributed by atoms with van der Waals surface area (Å²) in [6.07, 6.45) is 3.49. The van der Waals surface area contributed by atoms with E-state index in [-0.39, 0.29) is 36.5 Å². The van der Waals surface area contributed by atoms with Crippen LogP contribution < -0.4 is 26.6 Å². The van der Waals surface area contributed by atoms with Gasteiger partial charge in [-0.2, -0.15) is 4.98 Å². The van der Waals surface area contributed by atoms with Gasteiger partial charge in [0.1, 0.15) is 5.75 Å². The SMILES string of the molecule is CC#CCn1c(N2CCC[C@@H](N)C2)nc2c1c(=O)n(CC(=O)c1cccc(OC)c1)c(=O)n2C1CC1. The molecule has 5 rings (SSSR count). The Morgan fingerprint density at radius 1 is 1.22 bits per heavy atom. The first-order valence-electron chi connectivity index (χ1n) is 12.3. The highest BCUT2D eigenvalue weighted by Crippen LogP contribution is 2.36. The van der Waals surface area contributed by atoms with Crippen LogP contribution in [0.4, 0.5) is 5.95 Å². The Morgan fingerprint density at radius 2 is 2.03 bits per heavy atom. The molecule has 0 spiro atoms. The molecule has 10 heteroatoms. The Hall–Kier alpha value is -3.84. The van der Waals surface area contributed by atoms with Crippen molar-refractivity contribution < 1.29 is 9.53 Å². The molecule has 10 nitrogen and oxygen atoms in total. The second-order valence-corrected chi connectivity index (χ2v) is 9.38. The summed E-state index contributed by atoms with van der Waals surface area (Å²) in [6, 6.07) is 6.64. The molecule has 0 radical (unpaired) electrons. The summed E-state index contributed by atoms with van der Waals surface area (Å²) in [5.41, 5.74) is 6.18. The number of carbonyl (C=O) groups excluding carboxylic acids is 1. The van der Waals surface area contributed by atoms with Gasteiger partial charge in [-0.15, -0.1) is 5.92 Å². The number of anilines is 1. The third-order valence-corrected chi connectivity index (χ3v) is 6.80. The number of piperidine rings is 1. The number of imidazole rings is 1. The van der Waals surface area contributed by atoms with Gasteiger partial charge in [0.05, 0.1) is 20.2 Å². The van der Waals surface area contributed by atoms with E-state index in [4.69, 9.17) is 15.5 Å². The van der Waals surface area contributed by atoms with Crippen molar-refractivity contribution in [3.8, 4) is 17.6 Å². The summed E-state index contributed by atoms with van der Waals surface area (Å²) >= 11 is 0. The van der Waals surface area contributed by atoms with Crippen LogP contribution in [0.15, 0.2) is 33.9 Å². The first kappa shape index (κ1) is 23.9. The van der Waals surface area contributed by atoms with Crippen LogP contribution in [-0.2, 0) is 13.1 Å². The Kier molecular flexibility index (Phi) is 6.41. The second kappa shape index (κ2) is 9.66. The normalized spacial score (nSPS) is 17.6. The summed E-state index contributed by atoms with van der Waals surface area (Å²) in [5, 5.41) is 0. The standard InChI is InChI=1S/C26H30N6O4/c1-3-4-13-30-22-23(28-25(30)29-12-6-8-18(27)15-29)32(19-10-11-19)26(35)31(24(22)34)16-21(33)17-7-5-9-20(14-17)36-2/h5,7,9,14,18-19H,6,8,10-13,15-16,27H2,1-2H3/t18-/m1/s1. The van der Waals surface area contributed by atoms with Gasteiger partial charge in [-0.25, -0.2) is 4.79 Å². The highest BCUT2D eigenvalue weighted by molar-refractivity contribution is 5.96. The van der Waals surface area contributed by atoms with Gasteiger partial charge >= 0.3 is 5.69 Å². The van der Waals surface area contributed by atoms with E-state index in [1.165, 1.54) is 7.11 Å². The van der Waals surface area contributed by atoms with E-state index in [9.17, 15) is 14.4 Å². The quantitative estimate of drug-likeness (QED) is 0.394. The van der Waals surface area contributed by atoms with E-state index in [0.717, 1.165) is 36.8 Å². The maximum atomic E-state index is 13.8. The van der Waals surface area contributed by atoms with Crippen molar-refractivity contribution in [1.29, 1.82) is 0 Å². The van der Waals surface area contributed by atoms with Gasteiger partial charge in [-0.1, -0.05) is 18.1 Å². The Bertz CT molecular complexity index is 1500. The number of methoxy groups -OCH3 is 1. The van der Waals surface area contributed by atoms with Crippen LogP contribution in [-0.4, -0.2) is 50.7 Å². The zero-order valence-corrected chi connectivity index (χ0v) is 20.6. The fourth-order valence-electron chi connectivity index (χ4n) is 4.82. The molecule has 3 heterocycles. The number of carbonyl (C=O) groups is 1. The number of ketones is 1. The Morgan fingerprint density at radius 3 is 2.72 bits per heavy atom. The van der Waals surface area contributed by atoms with Gasteiger partial charge in [0.25, 0.3) is 5.56 Å². The maximum absolute atomic E-state index is 13.8. The van der Waals surface area contributed by atoms with Crippen molar-refractivity contribution in [3.05, 3.63) is 50.7 Å². The van der Waals surface area contributed by atoms with Crippen LogP contribution in [0.5, 0.6) is 5.75 Å². The molecule has 3 aromatic rings. The van der Waals surface area contributed by atoms with E-state index in [2.05, 4.69) is 16.7 Å². The van der Waals surface area contributed by atoms with E-state index in [0.29, 0.717) is 29.5 Å². The highest BCUT2D eigenvalue weighted by atomic mass is 16.5. The van der Waals surface area contributed by atoms with Gasteiger partial charge in [0, 0.05) is 30.7 Å². The highest BCUT2D eigenvalue weighted by Gasteiger charge is 2.33. The van der Waals surface area contributed by atoms with Gasteiger partial charge in [-0.3, -0.25) is 23.3 Å². The van der Waals surface area contributed by atoms with Crippen LogP contribution in [0.2, 0.25) is 0 Å². The van der Waals surface area contributed by atoms with E-state index < -0.39 is 11.2 Å². The first-order valence-corrected chi connectivity index (χ1v) is 12.3. The lowest BCUT2D eigenvalue weighted by Gasteiger charge is -2.31. The lowest BCUT2D eigenvalue weighted by atomic mass is 10.1. The summed E-state index contributed by atoms with van der Waals surface area (Å²) in [5.74, 6) is 6.69. The average Bonchev–Trinajstić information content (AvgIpc) is 3.65. The zero-order valence-electron chi connectivity index (χ0n) is 20.6. The number of rotatable bonds is 7. The average molecular weight is 491 g/mol. The molecule has 1 aromatic carbocycles. The predicted octanol–water partition coefficient (Wildman–Crippen LogP) is 1.54. The zero-order chi connectivity index (χ0) is 25.4. The van der Waals surface area contributed by atoms with Crippen LogP contribution in [0.1, 0.15) is 49.0 Å². The summed E-state index contributed by atoms with van der Waals surface area (Å²) in [6.45, 7) is 2.98. The van der Waals surface area contributed by atoms with Gasteiger partial charge < -0.3 is 15.4 Å². The van der Waals surface area contributed by atoms with E-state index in [1.54, 1.807) is 40.3 Å². The minimum Gasteiger partial charge on any atom is -0.497 e. The lowest BCUT2D eigenvalue weighted by Crippen LogP contribution is -2.44. The Balaban J connectivity index is 1.68. The third-order valence-electron chi connectivity index (χ3n) is 6.80. The molecule has 1 saturated heterocycles. The van der Waals surface area contributed by atoms with Crippen molar-refractivity contribution in [2.75, 3.05) is 25.1 Å². The van der Waals surface area contributed by atoms with Gasteiger partial charge in [0.15, 0.2) is 16.9 Å². The van der Waals surface area contributed by atoms with Crippen molar-refractivity contribution in [2.45, 2.75) is 57.8 Å². The minimum absolute atomic E-state index is 0.00652. The number of aromatic nitrogens is 4. The molecule has 2 fully saturated rings. The molecular weight excluding hydrogens is 460 g/mol. The summed E-state index contributed by atoms with van der Waals surface area (Å²) in [4.78, 5) is 47.4. The molecule has 36 heavy (non-hydrogen) atoms. The minimum atomic E-state index is -0.541. The fraction of sp³-hybridized carbons (Fsp3) is 0.462. The van der Waals surface area contributed by atoms with E-state index in [1.807, 2.05) is 0 Å². The number of hydrogen-bond acceptors (Lipinski definition) is 7. The molecule has 1 aliphatic carbocycles. The number of nitrogens with zero attached hydrogens (tertiary/aromatic N) is 5. The molecule has 2 N–H and O–H groups in total. The maximum Gasteiger partial charge on any atom is 0.333 e. The predicted molar refractivity (Wildman–Crippen MR) is 137 cm³/mol. The molecule has 1 atom stereocenters. The second-order valence-electron chi connectivity index (χ2n) is 9.38. The lowest BCUT2D eigenvalue weighted by molar-refractivity contribution is 0.0968. The number of Topliss-reactive ketones (excluding diaryl/α,β-unsaturated/α-hetero) is 1. The van der Waals surface area contributed by atoms with Crippen LogP contribution >= 0.6 is 0 Å². The number of fused-ring (bicyclic) bond motifs is 1. The van der Waals surface area contributed by atoms with Crippen molar-refractivity contribution in [3.63, 3.8) is 0 Å². The molecule has 0 unspecified atom stereocenters. The van der Waals surface area contributed by atoms with Crippen LogP contribution in [0.25, 0.3) is 11.2 Å². The summed E-state index contributed by atoms with van der Waals surface area (Å²) < 4.78 is 9.61. The largest absolute Gasteiger partial charge is 0.497 e. The number of ether oxygens (including phenoxy) is 1. The molecule has 188 valence electrons. The number of hydrogen-bond donors (Lipinski definition) is 1. The van der Waals surface area contributed by atoms with Crippen LogP contribution in [0, 0.1) is 11.8 Å².